The van der Waals surface area contributed by atoms with Crippen LogP contribution in [0, 0.1) is 0 Å². The minimum Gasteiger partial charge on any atom is -0.478 e. The number of aromatic amines is 1. The van der Waals surface area contributed by atoms with E-state index in [9.17, 15) is 26.4 Å². The van der Waals surface area contributed by atoms with E-state index in [0.717, 1.165) is 25.0 Å². The standard InChI is InChI=1S/C22H17ClF3NO4S/c23-16-6-3-5-15(22(24,25)26)19(16)32(30,31)20-18(14-4-1-2-7-17(14)27-20)12-8-10-13(11-9-12)21(28)29/h3,5-6,8-11,27H,1-2,4,7H2,(H,28,29). The Morgan fingerprint density at radius 1 is 1.03 bits per heavy atom. The molecular weight excluding hydrogens is 467 g/mol. The van der Waals surface area contributed by atoms with E-state index in [-0.39, 0.29) is 16.2 Å². The van der Waals surface area contributed by atoms with Crippen molar-refractivity contribution in [2.45, 2.75) is 41.8 Å². The zero-order valence-corrected chi connectivity index (χ0v) is 18.0. The van der Waals surface area contributed by atoms with E-state index in [2.05, 4.69) is 4.98 Å². The van der Waals surface area contributed by atoms with Crippen molar-refractivity contribution in [3.05, 3.63) is 69.9 Å². The van der Waals surface area contributed by atoms with E-state index in [1.54, 1.807) is 0 Å². The number of benzene rings is 2. The van der Waals surface area contributed by atoms with E-state index in [4.69, 9.17) is 16.7 Å². The molecule has 10 heteroatoms. The molecule has 0 fully saturated rings. The fourth-order valence-corrected chi connectivity index (χ4v) is 6.30. The summed E-state index contributed by atoms with van der Waals surface area (Å²) in [6, 6.07) is 8.40. The number of fused-ring (bicyclic) bond motifs is 1. The Morgan fingerprint density at radius 3 is 2.31 bits per heavy atom. The number of carboxylic acid groups (broad SMARTS) is 1. The highest BCUT2D eigenvalue weighted by Gasteiger charge is 2.41. The predicted octanol–water partition coefficient (Wildman–Crippen LogP) is 5.76. The summed E-state index contributed by atoms with van der Waals surface area (Å²) in [7, 11) is -4.71. The fraction of sp³-hybridized carbons (Fsp3) is 0.227. The predicted molar refractivity (Wildman–Crippen MR) is 112 cm³/mol. The Labute approximate surface area is 186 Å². The van der Waals surface area contributed by atoms with Crippen molar-refractivity contribution < 1.29 is 31.5 Å². The number of sulfone groups is 1. The number of alkyl halides is 3. The van der Waals surface area contributed by atoms with Crippen LogP contribution < -0.4 is 0 Å². The number of nitrogens with one attached hydrogen (secondary N) is 1. The van der Waals surface area contributed by atoms with Crippen molar-refractivity contribution in [1.82, 2.24) is 4.98 Å². The molecule has 1 heterocycles. The molecule has 0 spiro atoms. The van der Waals surface area contributed by atoms with Crippen molar-refractivity contribution in [3.8, 4) is 11.1 Å². The van der Waals surface area contributed by atoms with E-state index >= 15 is 0 Å². The third kappa shape index (κ3) is 3.80. The summed E-state index contributed by atoms with van der Waals surface area (Å²) in [6.45, 7) is 0. The number of aromatic carboxylic acids is 1. The number of H-pyrrole nitrogens is 1. The molecule has 0 amide bonds. The second-order valence-electron chi connectivity index (χ2n) is 7.49. The van der Waals surface area contributed by atoms with Crippen LogP contribution in [0.3, 0.4) is 0 Å². The van der Waals surface area contributed by atoms with Gasteiger partial charge in [0.15, 0.2) is 0 Å². The third-order valence-corrected chi connectivity index (χ3v) is 7.74. The average Bonchev–Trinajstić information content (AvgIpc) is 3.13. The molecule has 2 N–H and O–H groups in total. The van der Waals surface area contributed by atoms with Gasteiger partial charge in [-0.25, -0.2) is 13.2 Å². The SMILES string of the molecule is O=C(O)c1ccc(-c2c(S(=O)(=O)c3c(Cl)cccc3C(F)(F)F)[nH]c3c2CCCC3)cc1. The van der Waals surface area contributed by atoms with Gasteiger partial charge in [-0.05, 0) is 61.1 Å². The maximum Gasteiger partial charge on any atom is 0.417 e. The highest BCUT2D eigenvalue weighted by atomic mass is 35.5. The van der Waals surface area contributed by atoms with Crippen molar-refractivity contribution in [3.63, 3.8) is 0 Å². The smallest absolute Gasteiger partial charge is 0.417 e. The first-order valence-corrected chi connectivity index (χ1v) is 11.6. The number of aryl methyl sites for hydroxylation is 1. The fourth-order valence-electron chi connectivity index (χ4n) is 4.05. The van der Waals surface area contributed by atoms with Gasteiger partial charge in [0.1, 0.15) is 9.92 Å². The van der Waals surface area contributed by atoms with Crippen molar-refractivity contribution in [2.24, 2.45) is 0 Å². The Kier molecular flexibility index (Phi) is 5.58. The molecule has 0 atom stereocenters. The van der Waals surface area contributed by atoms with Crippen molar-refractivity contribution in [2.75, 3.05) is 0 Å². The Balaban J connectivity index is 2.00. The number of aromatic nitrogens is 1. The van der Waals surface area contributed by atoms with Gasteiger partial charge in [0.05, 0.1) is 16.1 Å². The molecule has 1 aliphatic carbocycles. The van der Waals surface area contributed by atoms with E-state index < -0.39 is 37.5 Å². The lowest BCUT2D eigenvalue weighted by molar-refractivity contribution is -0.139. The monoisotopic (exact) mass is 483 g/mol. The Bertz CT molecular complexity index is 1310. The van der Waals surface area contributed by atoms with Crippen molar-refractivity contribution >= 4 is 27.4 Å². The molecule has 4 rings (SSSR count). The first-order valence-electron chi connectivity index (χ1n) is 9.70. The second-order valence-corrected chi connectivity index (χ2v) is 9.72. The zero-order chi connectivity index (χ0) is 23.3. The molecule has 1 aliphatic rings. The lowest BCUT2D eigenvalue weighted by atomic mass is 9.92. The van der Waals surface area contributed by atoms with Gasteiger partial charge >= 0.3 is 12.1 Å². The molecule has 0 saturated carbocycles. The maximum absolute atomic E-state index is 13.7. The lowest BCUT2D eigenvalue weighted by Crippen LogP contribution is -2.15. The van der Waals surface area contributed by atoms with Gasteiger partial charge in [0.2, 0.25) is 9.84 Å². The Hall–Kier alpha value is -2.78. The summed E-state index contributed by atoms with van der Waals surface area (Å²) in [4.78, 5) is 13.0. The number of hydrogen-bond donors (Lipinski definition) is 2. The van der Waals surface area contributed by atoms with E-state index in [1.165, 1.54) is 24.3 Å². The molecule has 2 aromatic carbocycles. The van der Waals surface area contributed by atoms with Crippen LogP contribution in [0.25, 0.3) is 11.1 Å². The zero-order valence-electron chi connectivity index (χ0n) is 16.5. The molecule has 5 nitrogen and oxygen atoms in total. The summed E-state index contributed by atoms with van der Waals surface area (Å²) >= 11 is 5.99. The molecule has 32 heavy (non-hydrogen) atoms. The molecule has 1 aromatic heterocycles. The summed E-state index contributed by atoms with van der Waals surface area (Å²) < 4.78 is 68.2. The summed E-state index contributed by atoms with van der Waals surface area (Å²) in [5, 5.41) is 8.25. The largest absolute Gasteiger partial charge is 0.478 e. The van der Waals surface area contributed by atoms with Gasteiger partial charge in [-0.3, -0.25) is 0 Å². The van der Waals surface area contributed by atoms with Crippen LogP contribution >= 0.6 is 11.6 Å². The minimum absolute atomic E-state index is 0.00743. The molecule has 0 bridgehead atoms. The highest BCUT2D eigenvalue weighted by Crippen LogP contribution is 2.44. The molecule has 0 radical (unpaired) electrons. The quantitative estimate of drug-likeness (QED) is 0.493. The number of hydrogen-bond acceptors (Lipinski definition) is 3. The van der Waals surface area contributed by atoms with E-state index in [0.29, 0.717) is 35.7 Å². The van der Waals surface area contributed by atoms with E-state index in [1.807, 2.05) is 0 Å². The molecule has 3 aromatic rings. The molecule has 0 unspecified atom stereocenters. The first-order chi connectivity index (χ1) is 15.0. The van der Waals surface area contributed by atoms with Crippen molar-refractivity contribution in [1.29, 1.82) is 0 Å². The molecular formula is C22H17ClF3NO4S. The highest BCUT2D eigenvalue weighted by molar-refractivity contribution is 7.91. The van der Waals surface area contributed by atoms with Gasteiger partial charge < -0.3 is 10.1 Å². The van der Waals surface area contributed by atoms with Gasteiger partial charge in [0.25, 0.3) is 0 Å². The summed E-state index contributed by atoms with van der Waals surface area (Å²) in [5.41, 5.74) is 0.669. The molecule has 0 saturated heterocycles. The third-order valence-electron chi connectivity index (χ3n) is 5.49. The number of carbonyl (C=O) groups is 1. The van der Waals surface area contributed by atoms with Crippen LogP contribution in [-0.4, -0.2) is 24.5 Å². The number of rotatable bonds is 4. The van der Waals surface area contributed by atoms with Crippen LogP contribution in [-0.2, 0) is 28.9 Å². The van der Waals surface area contributed by atoms with Crippen LogP contribution in [0.2, 0.25) is 5.02 Å². The minimum atomic E-state index is -4.93. The van der Waals surface area contributed by atoms with Crippen LogP contribution in [0.4, 0.5) is 13.2 Å². The van der Waals surface area contributed by atoms with Gasteiger partial charge in [-0.15, -0.1) is 0 Å². The van der Waals surface area contributed by atoms with Gasteiger partial charge in [-0.2, -0.15) is 13.2 Å². The summed E-state index contributed by atoms with van der Waals surface area (Å²) in [5.74, 6) is -1.15. The maximum atomic E-state index is 13.7. The molecule has 0 aliphatic heterocycles. The number of halogens is 4. The lowest BCUT2D eigenvalue weighted by Gasteiger charge is -2.16. The van der Waals surface area contributed by atoms with Crippen LogP contribution in [0.1, 0.15) is 40.0 Å². The van der Waals surface area contributed by atoms with Crippen LogP contribution in [0.5, 0.6) is 0 Å². The Morgan fingerprint density at radius 2 is 1.69 bits per heavy atom. The number of carboxylic acids is 1. The van der Waals surface area contributed by atoms with Gasteiger partial charge in [-0.1, -0.05) is 29.8 Å². The normalized spacial score (nSPS) is 14.2. The topological polar surface area (TPSA) is 87.2 Å². The van der Waals surface area contributed by atoms with Crippen LogP contribution in [0.15, 0.2) is 52.4 Å². The molecule has 168 valence electrons. The second kappa shape index (κ2) is 7.97. The summed E-state index contributed by atoms with van der Waals surface area (Å²) in [6.07, 6.45) is -2.22. The average molecular weight is 484 g/mol. The first kappa shape index (κ1) is 22.4. The van der Waals surface area contributed by atoms with Gasteiger partial charge in [0, 0.05) is 11.3 Å².